The van der Waals surface area contributed by atoms with Crippen molar-refractivity contribution in [2.45, 2.75) is 31.7 Å². The largest absolute Gasteiger partial charge is 0.317 e. The van der Waals surface area contributed by atoms with E-state index in [1.54, 1.807) is 0 Å². The van der Waals surface area contributed by atoms with Crippen LogP contribution in [-0.4, -0.2) is 13.1 Å². The van der Waals surface area contributed by atoms with E-state index in [2.05, 4.69) is 5.32 Å². The zero-order valence-corrected chi connectivity index (χ0v) is 9.47. The molecule has 0 aliphatic heterocycles. The van der Waals surface area contributed by atoms with Crippen molar-refractivity contribution in [3.63, 3.8) is 0 Å². The minimum Gasteiger partial charge on any atom is -0.317 e. The number of nitrogens with one attached hydrogen (secondary N) is 1. The topological polar surface area (TPSA) is 12.0 Å². The van der Waals surface area contributed by atoms with Crippen LogP contribution in [0.3, 0.4) is 0 Å². The maximum atomic E-state index is 13.4. The molecule has 3 heteroatoms. The third kappa shape index (κ3) is 3.01. The van der Waals surface area contributed by atoms with Crippen LogP contribution in [0.1, 0.15) is 24.8 Å². The normalized spacial score (nSPS) is 17.4. The summed E-state index contributed by atoms with van der Waals surface area (Å²) < 4.78 is 26.4. The smallest absolute Gasteiger partial charge is 0.126 e. The number of hydrogen-bond donors (Lipinski definition) is 1. The minimum atomic E-state index is -0.363. The van der Waals surface area contributed by atoms with Gasteiger partial charge < -0.3 is 5.32 Å². The van der Waals surface area contributed by atoms with E-state index in [0.29, 0.717) is 12.0 Å². The van der Waals surface area contributed by atoms with Crippen molar-refractivity contribution in [2.24, 2.45) is 5.92 Å². The van der Waals surface area contributed by atoms with Gasteiger partial charge in [-0.1, -0.05) is 12.8 Å². The molecule has 0 radical (unpaired) electrons. The third-order valence-electron chi connectivity index (χ3n) is 3.20. The van der Waals surface area contributed by atoms with Crippen molar-refractivity contribution in [1.29, 1.82) is 0 Å². The Morgan fingerprint density at radius 1 is 1.38 bits per heavy atom. The Kier molecular flexibility index (Phi) is 3.54. The number of hydrogen-bond acceptors (Lipinski definition) is 1. The molecule has 88 valence electrons. The van der Waals surface area contributed by atoms with Crippen molar-refractivity contribution in [3.05, 3.63) is 35.4 Å². The molecular formula is C13H17F2N. The van der Waals surface area contributed by atoms with Crippen LogP contribution in [0.2, 0.25) is 0 Å². The first kappa shape index (κ1) is 11.5. The molecule has 1 aromatic rings. The van der Waals surface area contributed by atoms with Crippen LogP contribution in [-0.2, 0) is 6.42 Å². The van der Waals surface area contributed by atoms with Crippen molar-refractivity contribution in [1.82, 2.24) is 5.32 Å². The summed E-state index contributed by atoms with van der Waals surface area (Å²) in [4.78, 5) is 0. The van der Waals surface area contributed by atoms with E-state index in [0.717, 1.165) is 18.4 Å². The highest BCUT2D eigenvalue weighted by molar-refractivity contribution is 5.19. The van der Waals surface area contributed by atoms with Gasteiger partial charge in [-0.2, -0.15) is 0 Å². The van der Waals surface area contributed by atoms with Gasteiger partial charge in [0, 0.05) is 6.04 Å². The highest BCUT2D eigenvalue weighted by Crippen LogP contribution is 2.34. The second-order valence-electron chi connectivity index (χ2n) is 4.60. The quantitative estimate of drug-likeness (QED) is 0.812. The summed E-state index contributed by atoms with van der Waals surface area (Å²) >= 11 is 0. The van der Waals surface area contributed by atoms with Crippen LogP contribution in [0.4, 0.5) is 8.78 Å². The lowest BCUT2D eigenvalue weighted by atomic mass is 10.0. The van der Waals surface area contributed by atoms with Gasteiger partial charge in [0.05, 0.1) is 0 Å². The van der Waals surface area contributed by atoms with Gasteiger partial charge in [0.15, 0.2) is 0 Å². The van der Waals surface area contributed by atoms with Crippen LogP contribution < -0.4 is 5.32 Å². The monoisotopic (exact) mass is 225 g/mol. The third-order valence-corrected chi connectivity index (χ3v) is 3.20. The van der Waals surface area contributed by atoms with E-state index in [1.165, 1.54) is 25.0 Å². The van der Waals surface area contributed by atoms with Gasteiger partial charge >= 0.3 is 0 Å². The number of rotatable bonds is 5. The van der Waals surface area contributed by atoms with E-state index in [4.69, 9.17) is 0 Å². The summed E-state index contributed by atoms with van der Waals surface area (Å²) in [6, 6.07) is 3.92. The van der Waals surface area contributed by atoms with Crippen LogP contribution in [0.15, 0.2) is 18.2 Å². The second kappa shape index (κ2) is 4.91. The van der Waals surface area contributed by atoms with E-state index in [9.17, 15) is 8.78 Å². The molecule has 1 nitrogen and oxygen atoms in total. The average Bonchev–Trinajstić information content (AvgIpc) is 3.06. The van der Waals surface area contributed by atoms with Gasteiger partial charge in [-0.25, -0.2) is 8.78 Å². The van der Waals surface area contributed by atoms with E-state index >= 15 is 0 Å². The maximum Gasteiger partial charge on any atom is 0.126 e. The first-order valence-electron chi connectivity index (χ1n) is 5.80. The average molecular weight is 225 g/mol. The Morgan fingerprint density at radius 3 is 2.75 bits per heavy atom. The number of likely N-dealkylation sites (N-methyl/N-ethyl adjacent to an activating group) is 1. The fourth-order valence-corrected chi connectivity index (χ4v) is 2.02. The fourth-order valence-electron chi connectivity index (χ4n) is 2.02. The second-order valence-corrected chi connectivity index (χ2v) is 4.60. The van der Waals surface area contributed by atoms with Gasteiger partial charge in [0.2, 0.25) is 0 Å². The van der Waals surface area contributed by atoms with Crippen molar-refractivity contribution >= 4 is 0 Å². The van der Waals surface area contributed by atoms with Gasteiger partial charge in [0.25, 0.3) is 0 Å². The molecule has 1 aliphatic rings. The lowest BCUT2D eigenvalue weighted by Gasteiger charge is -2.16. The molecule has 1 unspecified atom stereocenters. The molecule has 1 aromatic carbocycles. The van der Waals surface area contributed by atoms with E-state index in [1.807, 2.05) is 7.05 Å². The van der Waals surface area contributed by atoms with Gasteiger partial charge in [-0.15, -0.1) is 0 Å². The molecule has 0 amide bonds. The van der Waals surface area contributed by atoms with E-state index < -0.39 is 0 Å². The van der Waals surface area contributed by atoms with Gasteiger partial charge in [-0.05, 0) is 49.6 Å². The summed E-state index contributed by atoms with van der Waals surface area (Å²) in [5, 5.41) is 3.18. The van der Waals surface area contributed by atoms with Crippen LogP contribution in [0.5, 0.6) is 0 Å². The number of benzene rings is 1. The fraction of sp³-hybridized carbons (Fsp3) is 0.538. The lowest BCUT2D eigenvalue weighted by molar-refractivity contribution is 0.477. The summed E-state index contributed by atoms with van der Waals surface area (Å²) in [5.74, 6) is 0.115. The van der Waals surface area contributed by atoms with Crippen molar-refractivity contribution in [2.75, 3.05) is 7.05 Å². The van der Waals surface area contributed by atoms with Crippen molar-refractivity contribution in [3.8, 4) is 0 Å². The molecule has 1 atom stereocenters. The summed E-state index contributed by atoms with van der Waals surface area (Å²) in [6.07, 6.45) is 4.19. The Labute approximate surface area is 94.9 Å². The van der Waals surface area contributed by atoms with Crippen LogP contribution in [0, 0.1) is 17.6 Å². The molecule has 1 N–H and O–H groups in total. The van der Waals surface area contributed by atoms with Gasteiger partial charge in [0.1, 0.15) is 11.6 Å². The highest BCUT2D eigenvalue weighted by atomic mass is 19.1. The maximum absolute atomic E-state index is 13.4. The van der Waals surface area contributed by atoms with E-state index in [-0.39, 0.29) is 17.7 Å². The summed E-state index contributed by atoms with van der Waals surface area (Å²) in [6.45, 7) is 0. The molecular weight excluding hydrogens is 208 g/mol. The molecule has 1 saturated carbocycles. The highest BCUT2D eigenvalue weighted by Gasteiger charge is 2.25. The summed E-state index contributed by atoms with van der Waals surface area (Å²) in [7, 11) is 1.88. The Bertz CT molecular complexity index is 361. The molecule has 0 spiro atoms. The Morgan fingerprint density at radius 2 is 2.12 bits per heavy atom. The molecule has 0 saturated heterocycles. The standard InChI is InChI=1S/C13H17F2N/c1-16-12(6-9-2-3-9)8-10-7-11(14)4-5-13(10)15/h4-5,7,9,12,16H,2-3,6,8H2,1H3. The first-order chi connectivity index (χ1) is 7.69. The molecule has 1 aliphatic carbocycles. The first-order valence-corrected chi connectivity index (χ1v) is 5.80. The molecule has 1 fully saturated rings. The predicted molar refractivity (Wildman–Crippen MR) is 60.3 cm³/mol. The van der Waals surface area contributed by atoms with Crippen LogP contribution in [0.25, 0.3) is 0 Å². The predicted octanol–water partition coefficient (Wildman–Crippen LogP) is 2.90. The zero-order chi connectivity index (χ0) is 11.5. The molecule has 2 rings (SSSR count). The van der Waals surface area contributed by atoms with Gasteiger partial charge in [-0.3, -0.25) is 0 Å². The molecule has 0 bridgehead atoms. The Balaban J connectivity index is 2.01. The van der Waals surface area contributed by atoms with Crippen molar-refractivity contribution < 1.29 is 8.78 Å². The molecule has 0 aromatic heterocycles. The number of halogens is 2. The Hall–Kier alpha value is -0.960. The van der Waals surface area contributed by atoms with Crippen LogP contribution >= 0.6 is 0 Å². The SMILES string of the molecule is CNC(Cc1cc(F)ccc1F)CC1CC1. The summed E-state index contributed by atoms with van der Waals surface area (Å²) in [5.41, 5.74) is 0.472. The minimum absolute atomic E-state index is 0.254. The molecule has 16 heavy (non-hydrogen) atoms. The molecule has 0 heterocycles. The zero-order valence-electron chi connectivity index (χ0n) is 9.47. The lowest BCUT2D eigenvalue weighted by Crippen LogP contribution is -2.28.